The van der Waals surface area contributed by atoms with Gasteiger partial charge in [0.25, 0.3) is 0 Å². The lowest BCUT2D eigenvalue weighted by molar-refractivity contribution is -0.132. The second-order valence-corrected chi connectivity index (χ2v) is 6.01. The fourth-order valence-corrected chi connectivity index (χ4v) is 2.86. The van der Waals surface area contributed by atoms with Crippen LogP contribution in [-0.2, 0) is 17.8 Å². The SMILES string of the molecule is Cc1cc(CN2CCN(C(=O)Cc3cccc(N)c3)CC2)on1. The number of carbonyl (C=O) groups is 1. The lowest BCUT2D eigenvalue weighted by atomic mass is 10.1. The van der Waals surface area contributed by atoms with Crippen LogP contribution in [0.4, 0.5) is 5.69 Å². The van der Waals surface area contributed by atoms with E-state index < -0.39 is 0 Å². The Morgan fingerprint density at radius 2 is 2.04 bits per heavy atom. The fourth-order valence-electron chi connectivity index (χ4n) is 2.86. The molecule has 6 heteroatoms. The van der Waals surface area contributed by atoms with E-state index in [0.717, 1.165) is 49.7 Å². The summed E-state index contributed by atoms with van der Waals surface area (Å²) in [5.74, 6) is 1.03. The highest BCUT2D eigenvalue weighted by molar-refractivity contribution is 5.79. The first-order chi connectivity index (χ1) is 11.1. The van der Waals surface area contributed by atoms with Crippen molar-refractivity contribution < 1.29 is 9.32 Å². The zero-order valence-corrected chi connectivity index (χ0v) is 13.4. The number of carbonyl (C=O) groups excluding carboxylic acids is 1. The number of piperazine rings is 1. The van der Waals surface area contributed by atoms with Gasteiger partial charge in [-0.15, -0.1) is 0 Å². The van der Waals surface area contributed by atoms with Gasteiger partial charge in [0.2, 0.25) is 5.91 Å². The number of hydrogen-bond acceptors (Lipinski definition) is 5. The van der Waals surface area contributed by atoms with E-state index in [1.54, 1.807) is 0 Å². The number of nitrogens with two attached hydrogens (primary N) is 1. The number of amides is 1. The van der Waals surface area contributed by atoms with Crippen LogP contribution in [-0.4, -0.2) is 47.0 Å². The van der Waals surface area contributed by atoms with Gasteiger partial charge in [-0.3, -0.25) is 9.69 Å². The first-order valence-electron chi connectivity index (χ1n) is 7.87. The average molecular weight is 314 g/mol. The summed E-state index contributed by atoms with van der Waals surface area (Å²) in [6.45, 7) is 5.85. The first-order valence-corrected chi connectivity index (χ1v) is 7.87. The lowest BCUT2D eigenvalue weighted by Gasteiger charge is -2.34. The molecule has 6 nitrogen and oxygen atoms in total. The Morgan fingerprint density at radius 1 is 1.26 bits per heavy atom. The largest absolute Gasteiger partial charge is 0.399 e. The molecule has 2 N–H and O–H groups in total. The van der Waals surface area contributed by atoms with E-state index >= 15 is 0 Å². The van der Waals surface area contributed by atoms with E-state index in [-0.39, 0.29) is 5.91 Å². The molecule has 1 amide bonds. The Labute approximate surface area is 135 Å². The van der Waals surface area contributed by atoms with Crippen LogP contribution in [0.5, 0.6) is 0 Å². The maximum atomic E-state index is 12.4. The molecule has 2 aromatic rings. The molecule has 122 valence electrons. The van der Waals surface area contributed by atoms with E-state index in [1.165, 1.54) is 0 Å². The number of nitrogen functional groups attached to an aromatic ring is 1. The van der Waals surface area contributed by atoms with Gasteiger partial charge in [0.05, 0.1) is 18.7 Å². The molecule has 1 aliphatic rings. The lowest BCUT2D eigenvalue weighted by Crippen LogP contribution is -2.48. The third kappa shape index (κ3) is 4.10. The van der Waals surface area contributed by atoms with Crippen LogP contribution in [0.25, 0.3) is 0 Å². The highest BCUT2D eigenvalue weighted by Crippen LogP contribution is 2.12. The fraction of sp³-hybridized carbons (Fsp3) is 0.412. The van der Waals surface area contributed by atoms with Crippen LogP contribution >= 0.6 is 0 Å². The van der Waals surface area contributed by atoms with Crippen molar-refractivity contribution in [1.29, 1.82) is 0 Å². The zero-order chi connectivity index (χ0) is 16.2. The van der Waals surface area contributed by atoms with Crippen LogP contribution in [0.2, 0.25) is 0 Å². The highest BCUT2D eigenvalue weighted by Gasteiger charge is 2.22. The van der Waals surface area contributed by atoms with Crippen molar-refractivity contribution in [1.82, 2.24) is 15.0 Å². The second kappa shape index (κ2) is 6.83. The van der Waals surface area contributed by atoms with Gasteiger partial charge in [-0.2, -0.15) is 0 Å². The highest BCUT2D eigenvalue weighted by atomic mass is 16.5. The van der Waals surface area contributed by atoms with Crippen LogP contribution in [0, 0.1) is 6.92 Å². The van der Waals surface area contributed by atoms with Crippen molar-refractivity contribution in [3.05, 3.63) is 47.3 Å². The molecule has 23 heavy (non-hydrogen) atoms. The van der Waals surface area contributed by atoms with Crippen LogP contribution < -0.4 is 5.73 Å². The molecule has 0 bridgehead atoms. The van der Waals surface area contributed by atoms with Gasteiger partial charge in [-0.25, -0.2) is 0 Å². The Hall–Kier alpha value is -2.34. The normalized spacial score (nSPS) is 15.8. The van der Waals surface area contributed by atoms with Crippen molar-refractivity contribution >= 4 is 11.6 Å². The van der Waals surface area contributed by atoms with Gasteiger partial charge in [-0.1, -0.05) is 17.3 Å². The minimum atomic E-state index is 0.158. The molecule has 0 spiro atoms. The molecule has 0 unspecified atom stereocenters. The molecular weight excluding hydrogens is 292 g/mol. The number of aryl methyl sites for hydroxylation is 1. The van der Waals surface area contributed by atoms with Gasteiger partial charge in [0.1, 0.15) is 0 Å². The van der Waals surface area contributed by atoms with E-state index in [2.05, 4.69) is 10.1 Å². The summed E-state index contributed by atoms with van der Waals surface area (Å²) in [7, 11) is 0. The van der Waals surface area contributed by atoms with Crippen LogP contribution in [0.1, 0.15) is 17.0 Å². The quantitative estimate of drug-likeness (QED) is 0.865. The van der Waals surface area contributed by atoms with Crippen LogP contribution in [0.15, 0.2) is 34.9 Å². The van der Waals surface area contributed by atoms with E-state index in [4.69, 9.17) is 10.3 Å². The molecule has 0 saturated carbocycles. The van der Waals surface area contributed by atoms with E-state index in [9.17, 15) is 4.79 Å². The predicted molar refractivity (Wildman–Crippen MR) is 87.7 cm³/mol. The van der Waals surface area contributed by atoms with E-state index in [0.29, 0.717) is 12.1 Å². The molecule has 1 saturated heterocycles. The van der Waals surface area contributed by atoms with Crippen molar-refractivity contribution in [2.24, 2.45) is 0 Å². The summed E-state index contributed by atoms with van der Waals surface area (Å²) < 4.78 is 5.25. The average Bonchev–Trinajstić information content (AvgIpc) is 2.93. The molecule has 0 aliphatic carbocycles. The Balaban J connectivity index is 1.49. The Kier molecular flexibility index (Phi) is 4.62. The standard InChI is InChI=1S/C17H22N4O2/c1-13-9-16(23-19-13)12-20-5-7-21(8-6-20)17(22)11-14-3-2-4-15(18)10-14/h2-4,9-10H,5-8,11-12,18H2,1H3. The number of anilines is 1. The third-order valence-electron chi connectivity index (χ3n) is 4.09. The summed E-state index contributed by atoms with van der Waals surface area (Å²) in [5, 5.41) is 3.90. The van der Waals surface area contributed by atoms with Crippen molar-refractivity contribution in [2.75, 3.05) is 31.9 Å². The van der Waals surface area contributed by atoms with Gasteiger partial charge in [0, 0.05) is 37.9 Å². The molecular formula is C17H22N4O2. The number of hydrogen-bond donors (Lipinski definition) is 1. The van der Waals surface area contributed by atoms with Crippen molar-refractivity contribution in [2.45, 2.75) is 19.9 Å². The van der Waals surface area contributed by atoms with Crippen LogP contribution in [0.3, 0.4) is 0 Å². The topological polar surface area (TPSA) is 75.6 Å². The zero-order valence-electron chi connectivity index (χ0n) is 13.4. The third-order valence-corrected chi connectivity index (χ3v) is 4.09. The van der Waals surface area contributed by atoms with Gasteiger partial charge >= 0.3 is 0 Å². The summed E-state index contributed by atoms with van der Waals surface area (Å²) in [5.41, 5.74) is 8.32. The smallest absolute Gasteiger partial charge is 0.227 e. The van der Waals surface area contributed by atoms with Gasteiger partial charge < -0.3 is 15.2 Å². The van der Waals surface area contributed by atoms with Gasteiger partial charge in [0.15, 0.2) is 5.76 Å². The molecule has 1 fully saturated rings. The number of rotatable bonds is 4. The Morgan fingerprint density at radius 3 is 2.70 bits per heavy atom. The van der Waals surface area contributed by atoms with Crippen molar-refractivity contribution in [3.63, 3.8) is 0 Å². The molecule has 1 aliphatic heterocycles. The number of nitrogens with zero attached hydrogens (tertiary/aromatic N) is 3. The number of aromatic nitrogens is 1. The predicted octanol–water partition coefficient (Wildman–Crippen LogP) is 1.45. The van der Waals surface area contributed by atoms with Gasteiger partial charge in [-0.05, 0) is 24.6 Å². The summed E-state index contributed by atoms with van der Waals surface area (Å²) in [6, 6.07) is 9.47. The first kappa shape index (κ1) is 15.6. The summed E-state index contributed by atoms with van der Waals surface area (Å²) in [6.07, 6.45) is 0.409. The molecule has 1 aromatic heterocycles. The van der Waals surface area contributed by atoms with E-state index in [1.807, 2.05) is 42.2 Å². The molecule has 1 aromatic carbocycles. The molecule has 0 atom stereocenters. The maximum absolute atomic E-state index is 12.4. The maximum Gasteiger partial charge on any atom is 0.227 e. The minimum Gasteiger partial charge on any atom is -0.399 e. The number of benzene rings is 1. The minimum absolute atomic E-state index is 0.158. The summed E-state index contributed by atoms with van der Waals surface area (Å²) in [4.78, 5) is 16.6. The summed E-state index contributed by atoms with van der Waals surface area (Å²) >= 11 is 0. The Bertz CT molecular complexity index is 675. The monoisotopic (exact) mass is 314 g/mol. The molecule has 0 radical (unpaired) electrons. The van der Waals surface area contributed by atoms with Crippen molar-refractivity contribution in [3.8, 4) is 0 Å². The molecule has 3 rings (SSSR count). The second-order valence-electron chi connectivity index (χ2n) is 6.01. The molecule has 2 heterocycles.